The SMILES string of the molecule is CC(C)(C)CS(C)(C)O. The highest BCUT2D eigenvalue weighted by atomic mass is 32.3. The van der Waals surface area contributed by atoms with Crippen LogP contribution in [0.2, 0.25) is 0 Å². The van der Waals surface area contributed by atoms with E-state index in [-0.39, 0.29) is 5.41 Å². The van der Waals surface area contributed by atoms with Crippen LogP contribution >= 0.6 is 10.3 Å². The average molecular weight is 150 g/mol. The maximum absolute atomic E-state index is 9.44. The monoisotopic (exact) mass is 150 g/mol. The number of hydrogen-bond acceptors (Lipinski definition) is 1. The van der Waals surface area contributed by atoms with Crippen LogP contribution in [0.25, 0.3) is 0 Å². The minimum absolute atomic E-state index is 0.271. The van der Waals surface area contributed by atoms with E-state index < -0.39 is 10.3 Å². The minimum atomic E-state index is -1.28. The summed E-state index contributed by atoms with van der Waals surface area (Å²) in [4.78, 5) is 0. The highest BCUT2D eigenvalue weighted by Gasteiger charge is 2.18. The molecule has 0 aliphatic rings. The van der Waals surface area contributed by atoms with Crippen LogP contribution in [0.1, 0.15) is 20.8 Å². The molecule has 0 aromatic rings. The van der Waals surface area contributed by atoms with Gasteiger partial charge in [-0.15, -0.1) is 10.3 Å². The van der Waals surface area contributed by atoms with Gasteiger partial charge in [-0.25, -0.2) is 0 Å². The zero-order valence-electron chi connectivity index (χ0n) is 7.06. The van der Waals surface area contributed by atoms with Crippen molar-refractivity contribution in [3.8, 4) is 0 Å². The Morgan fingerprint density at radius 3 is 1.56 bits per heavy atom. The summed E-state index contributed by atoms with van der Waals surface area (Å²) < 4.78 is 9.44. The van der Waals surface area contributed by atoms with Crippen molar-refractivity contribution in [2.24, 2.45) is 5.41 Å². The van der Waals surface area contributed by atoms with Crippen LogP contribution in [0.3, 0.4) is 0 Å². The van der Waals surface area contributed by atoms with Gasteiger partial charge in [-0.3, -0.25) is 0 Å². The van der Waals surface area contributed by atoms with E-state index in [0.717, 1.165) is 5.75 Å². The van der Waals surface area contributed by atoms with Crippen LogP contribution in [-0.2, 0) is 0 Å². The maximum Gasteiger partial charge on any atom is 0.00312 e. The normalized spacial score (nSPS) is 15.8. The predicted octanol–water partition coefficient (Wildman–Crippen LogP) is 2.57. The summed E-state index contributed by atoms with van der Waals surface area (Å²) in [7, 11) is -1.28. The van der Waals surface area contributed by atoms with Gasteiger partial charge in [-0.05, 0) is 17.9 Å². The van der Waals surface area contributed by atoms with Gasteiger partial charge in [-0.2, -0.15) is 0 Å². The Kier molecular flexibility index (Phi) is 2.59. The van der Waals surface area contributed by atoms with E-state index in [1.54, 1.807) is 0 Å². The Balaban J connectivity index is 3.75. The second-order valence-corrected chi connectivity index (χ2v) is 7.43. The smallest absolute Gasteiger partial charge is 0.00312 e. The Hall–Kier alpha value is 0.310. The molecule has 0 spiro atoms. The van der Waals surface area contributed by atoms with Crippen LogP contribution in [0.5, 0.6) is 0 Å². The molecule has 0 rings (SSSR count). The van der Waals surface area contributed by atoms with Gasteiger partial charge in [0.25, 0.3) is 0 Å². The van der Waals surface area contributed by atoms with E-state index in [4.69, 9.17) is 0 Å². The third kappa shape index (κ3) is 8.31. The Morgan fingerprint density at radius 1 is 1.22 bits per heavy atom. The van der Waals surface area contributed by atoms with E-state index in [0.29, 0.717) is 0 Å². The molecule has 1 N–H and O–H groups in total. The molecule has 0 fully saturated rings. The fourth-order valence-corrected chi connectivity index (χ4v) is 3.18. The molecule has 2 heteroatoms. The van der Waals surface area contributed by atoms with Gasteiger partial charge in [0.15, 0.2) is 0 Å². The lowest BCUT2D eigenvalue weighted by molar-refractivity contribution is 0.465. The second kappa shape index (κ2) is 2.51. The minimum Gasteiger partial charge on any atom is -0.352 e. The lowest BCUT2D eigenvalue weighted by Crippen LogP contribution is -2.16. The summed E-state index contributed by atoms with van der Waals surface area (Å²) in [6.45, 7) is 6.45. The van der Waals surface area contributed by atoms with E-state index >= 15 is 0 Å². The zero-order valence-corrected chi connectivity index (χ0v) is 7.88. The Morgan fingerprint density at radius 2 is 1.56 bits per heavy atom. The van der Waals surface area contributed by atoms with Gasteiger partial charge in [0.1, 0.15) is 0 Å². The topological polar surface area (TPSA) is 20.2 Å². The van der Waals surface area contributed by atoms with Crippen molar-refractivity contribution in [2.75, 3.05) is 18.3 Å². The van der Waals surface area contributed by atoms with Crippen molar-refractivity contribution < 1.29 is 4.55 Å². The van der Waals surface area contributed by atoms with E-state index in [9.17, 15) is 4.55 Å². The van der Waals surface area contributed by atoms with Gasteiger partial charge < -0.3 is 4.55 Å². The summed E-state index contributed by atoms with van der Waals surface area (Å²) in [6, 6.07) is 0. The van der Waals surface area contributed by atoms with Crippen LogP contribution in [0, 0.1) is 5.41 Å². The van der Waals surface area contributed by atoms with Crippen LogP contribution in [0.15, 0.2) is 0 Å². The molecule has 0 aliphatic carbocycles. The standard InChI is InChI=1S/C7H18OS/c1-7(2,3)6-9(4,5)8/h8H,6H2,1-5H3. The fraction of sp³-hybridized carbons (Fsp3) is 1.00. The van der Waals surface area contributed by atoms with Crippen LogP contribution < -0.4 is 0 Å². The molecule has 0 saturated carbocycles. The third-order valence-corrected chi connectivity index (χ3v) is 2.36. The van der Waals surface area contributed by atoms with E-state index in [1.165, 1.54) is 0 Å². The summed E-state index contributed by atoms with van der Waals surface area (Å²) >= 11 is 0. The molecule has 9 heavy (non-hydrogen) atoms. The second-order valence-electron chi connectivity index (χ2n) is 4.18. The summed E-state index contributed by atoms with van der Waals surface area (Å²) in [6.07, 6.45) is 3.86. The highest BCUT2D eigenvalue weighted by molar-refractivity contribution is 8.28. The third-order valence-electron chi connectivity index (χ3n) is 0.786. The molecule has 0 radical (unpaired) electrons. The van der Waals surface area contributed by atoms with Crippen molar-refractivity contribution in [3.63, 3.8) is 0 Å². The molecular formula is C7H18OS. The molecule has 0 aromatic heterocycles. The predicted molar refractivity (Wildman–Crippen MR) is 46.4 cm³/mol. The average Bonchev–Trinajstić information content (AvgIpc) is 1.14. The summed E-state index contributed by atoms with van der Waals surface area (Å²) in [5.41, 5.74) is 0.271. The molecule has 0 aliphatic heterocycles. The molecule has 1 nitrogen and oxygen atoms in total. The maximum atomic E-state index is 9.44. The van der Waals surface area contributed by atoms with Crippen molar-refractivity contribution in [3.05, 3.63) is 0 Å². The fourth-order valence-electron chi connectivity index (χ4n) is 1.06. The van der Waals surface area contributed by atoms with Crippen LogP contribution in [-0.4, -0.2) is 22.8 Å². The summed E-state index contributed by atoms with van der Waals surface area (Å²) in [5, 5.41) is 0. The zero-order chi connectivity index (χ0) is 7.71. The number of hydrogen-bond donors (Lipinski definition) is 1. The lowest BCUT2D eigenvalue weighted by atomic mass is 10.0. The molecule has 0 bridgehead atoms. The molecule has 0 atom stereocenters. The largest absolute Gasteiger partial charge is 0.352 e. The van der Waals surface area contributed by atoms with Crippen molar-refractivity contribution >= 4 is 10.3 Å². The molecule has 0 unspecified atom stereocenters. The molecule has 0 aromatic carbocycles. The quantitative estimate of drug-likeness (QED) is 0.609. The van der Waals surface area contributed by atoms with E-state index in [1.807, 2.05) is 12.5 Å². The van der Waals surface area contributed by atoms with Gasteiger partial charge in [0.2, 0.25) is 0 Å². The first-order chi connectivity index (χ1) is 3.71. The van der Waals surface area contributed by atoms with Crippen molar-refractivity contribution in [1.29, 1.82) is 0 Å². The molecule has 58 valence electrons. The van der Waals surface area contributed by atoms with Gasteiger partial charge in [-0.1, -0.05) is 20.8 Å². The highest BCUT2D eigenvalue weighted by Crippen LogP contribution is 2.40. The van der Waals surface area contributed by atoms with Gasteiger partial charge >= 0.3 is 0 Å². The molecule has 0 amide bonds. The van der Waals surface area contributed by atoms with Gasteiger partial charge in [0.05, 0.1) is 0 Å². The Bertz CT molecular complexity index is 74.1. The van der Waals surface area contributed by atoms with Crippen molar-refractivity contribution in [2.45, 2.75) is 20.8 Å². The van der Waals surface area contributed by atoms with Crippen molar-refractivity contribution in [1.82, 2.24) is 0 Å². The first-order valence-electron chi connectivity index (χ1n) is 3.14. The first kappa shape index (κ1) is 9.31. The van der Waals surface area contributed by atoms with Crippen LogP contribution in [0.4, 0.5) is 0 Å². The molecule has 0 saturated heterocycles. The molecular weight excluding hydrogens is 132 g/mol. The Labute approximate surface area is 60.0 Å². The summed E-state index contributed by atoms with van der Waals surface area (Å²) in [5.74, 6) is 0.931. The first-order valence-corrected chi connectivity index (χ1v) is 5.72. The van der Waals surface area contributed by atoms with E-state index in [2.05, 4.69) is 20.8 Å². The lowest BCUT2D eigenvalue weighted by Gasteiger charge is -2.31. The number of rotatable bonds is 1. The molecule has 0 heterocycles. The van der Waals surface area contributed by atoms with Gasteiger partial charge in [0, 0.05) is 5.75 Å².